The molecule has 2 aromatic carbocycles. The van der Waals surface area contributed by atoms with E-state index in [2.05, 4.69) is 0 Å². The normalized spacial score (nSPS) is 13.7. The maximum absolute atomic E-state index is 13.4. The zero-order chi connectivity index (χ0) is 19.9. The van der Waals surface area contributed by atoms with Crippen LogP contribution < -0.4 is 9.47 Å². The summed E-state index contributed by atoms with van der Waals surface area (Å²) in [6.07, 6.45) is 0.557. The van der Waals surface area contributed by atoms with Crippen LogP contribution in [0.2, 0.25) is 15.1 Å². The first-order valence-electron chi connectivity index (χ1n) is 8.04. The summed E-state index contributed by atoms with van der Waals surface area (Å²) in [4.78, 5) is 24.9. The Hall–Kier alpha value is -1.95. The van der Waals surface area contributed by atoms with E-state index in [-0.39, 0.29) is 26.9 Å². The summed E-state index contributed by atoms with van der Waals surface area (Å²) < 4.78 is 11.1. The predicted molar refractivity (Wildman–Crippen MR) is 103 cm³/mol. The number of carbonyl (C=O) groups excluding carboxylic acids is 1. The molecule has 5 nitrogen and oxygen atoms in total. The van der Waals surface area contributed by atoms with E-state index in [1.165, 1.54) is 26.2 Å². The van der Waals surface area contributed by atoms with Crippen molar-refractivity contribution in [2.24, 2.45) is 0 Å². The predicted octanol–water partition coefficient (Wildman–Crippen LogP) is 5.01. The number of hydrogen-bond donors (Lipinski definition) is 1. The van der Waals surface area contributed by atoms with Gasteiger partial charge in [0.1, 0.15) is 17.1 Å². The van der Waals surface area contributed by atoms with Gasteiger partial charge in [0, 0.05) is 17.0 Å². The van der Waals surface area contributed by atoms with Crippen molar-refractivity contribution in [3.8, 4) is 11.5 Å². The van der Waals surface area contributed by atoms with E-state index in [4.69, 9.17) is 44.3 Å². The summed E-state index contributed by atoms with van der Waals surface area (Å²) in [5, 5.41) is 9.91. The van der Waals surface area contributed by atoms with Gasteiger partial charge in [-0.3, -0.25) is 9.59 Å². The van der Waals surface area contributed by atoms with Gasteiger partial charge in [-0.2, -0.15) is 0 Å². The average Bonchev–Trinajstić information content (AvgIpc) is 3.06. The van der Waals surface area contributed by atoms with E-state index in [1.54, 1.807) is 6.07 Å². The molecule has 0 fully saturated rings. The number of carboxylic acid groups (broad SMARTS) is 1. The number of benzene rings is 2. The first-order chi connectivity index (χ1) is 12.8. The number of ketones is 1. The second-order valence-electron chi connectivity index (χ2n) is 6.09. The molecule has 1 heterocycles. The number of aliphatic carboxylic acids is 1. The molecule has 0 saturated carbocycles. The van der Waals surface area contributed by atoms with Crippen molar-refractivity contribution in [3.05, 3.63) is 55.5 Å². The van der Waals surface area contributed by atoms with E-state index in [0.717, 1.165) is 5.56 Å². The highest BCUT2D eigenvalue weighted by atomic mass is 35.5. The van der Waals surface area contributed by atoms with Crippen LogP contribution in [0.3, 0.4) is 0 Å². The average molecular weight is 430 g/mol. The van der Waals surface area contributed by atoms with Crippen LogP contribution in [0.1, 0.15) is 39.9 Å². The number of halogens is 3. The lowest BCUT2D eigenvalue weighted by atomic mass is 9.90. The Morgan fingerprint density at radius 3 is 2.33 bits per heavy atom. The van der Waals surface area contributed by atoms with Crippen molar-refractivity contribution in [2.45, 2.75) is 19.3 Å². The molecule has 1 unspecified atom stereocenters. The number of carbonyl (C=O) groups is 2. The van der Waals surface area contributed by atoms with Crippen LogP contribution >= 0.6 is 34.8 Å². The van der Waals surface area contributed by atoms with Crippen molar-refractivity contribution >= 4 is 46.6 Å². The van der Waals surface area contributed by atoms with Gasteiger partial charge in [-0.05, 0) is 30.7 Å². The molecule has 27 heavy (non-hydrogen) atoms. The molecular formula is C19H15Cl3O5. The smallest absolute Gasteiger partial charge is 0.310 e. The molecule has 1 N–H and O–H groups in total. The van der Waals surface area contributed by atoms with Crippen molar-refractivity contribution < 1.29 is 24.2 Å². The maximum atomic E-state index is 13.4. The minimum Gasteiger partial charge on any atom is -0.496 e. The summed E-state index contributed by atoms with van der Waals surface area (Å²) >= 11 is 18.4. The third-order valence-corrected chi connectivity index (χ3v) is 5.27. The lowest BCUT2D eigenvalue weighted by Gasteiger charge is -2.19. The summed E-state index contributed by atoms with van der Waals surface area (Å²) in [6, 6.07) is 4.54. The molecule has 0 radical (unpaired) electrons. The Kier molecular flexibility index (Phi) is 5.56. The monoisotopic (exact) mass is 428 g/mol. The molecule has 0 spiro atoms. The zero-order valence-electron chi connectivity index (χ0n) is 14.4. The molecule has 0 saturated heterocycles. The summed E-state index contributed by atoms with van der Waals surface area (Å²) in [5.74, 6) is -1.93. The molecule has 8 heteroatoms. The van der Waals surface area contributed by atoms with Crippen LogP contribution in [0.15, 0.2) is 18.2 Å². The number of ether oxygens (including phenoxy) is 2. The lowest BCUT2D eigenvalue weighted by Crippen LogP contribution is -2.14. The number of methoxy groups -OCH3 is 1. The zero-order valence-corrected chi connectivity index (χ0v) is 16.7. The van der Waals surface area contributed by atoms with E-state index in [9.17, 15) is 14.7 Å². The molecule has 0 bridgehead atoms. The minimum absolute atomic E-state index is 0.0545. The molecule has 0 aliphatic carbocycles. The highest BCUT2D eigenvalue weighted by Gasteiger charge is 2.33. The molecule has 1 atom stereocenters. The van der Waals surface area contributed by atoms with Gasteiger partial charge in [-0.15, -0.1) is 0 Å². The fourth-order valence-corrected chi connectivity index (χ4v) is 4.09. The standard InChI is InChI=1S/C19H15Cl3O5/c1-8(19(24)25)11-5-9-3-4-27-17(9)15(18(11)26-2)16(23)14-12(21)6-10(20)7-13(14)22/h5-8H,3-4H2,1-2H3,(H,24,25). The number of fused-ring (bicyclic) bond motifs is 1. The fourth-order valence-electron chi connectivity index (χ4n) is 3.11. The molecule has 142 valence electrons. The van der Waals surface area contributed by atoms with Gasteiger partial charge in [0.2, 0.25) is 5.78 Å². The third-order valence-electron chi connectivity index (χ3n) is 4.46. The van der Waals surface area contributed by atoms with Gasteiger partial charge in [-0.1, -0.05) is 34.8 Å². The fraction of sp³-hybridized carbons (Fsp3) is 0.263. The largest absolute Gasteiger partial charge is 0.496 e. The van der Waals surface area contributed by atoms with E-state index in [0.29, 0.717) is 29.4 Å². The topological polar surface area (TPSA) is 72.8 Å². The molecule has 1 aliphatic rings. The molecule has 2 aromatic rings. The SMILES string of the molecule is COc1c(C(C)C(=O)O)cc2c(c1C(=O)c1c(Cl)cc(Cl)cc1Cl)OCC2. The van der Waals surface area contributed by atoms with Crippen LogP contribution in [-0.4, -0.2) is 30.6 Å². The second kappa shape index (κ2) is 7.58. The Morgan fingerprint density at radius 1 is 1.15 bits per heavy atom. The second-order valence-corrected chi connectivity index (χ2v) is 7.35. The molecular weight excluding hydrogens is 415 g/mol. The van der Waals surface area contributed by atoms with E-state index < -0.39 is 17.7 Å². The summed E-state index contributed by atoms with van der Waals surface area (Å²) in [7, 11) is 1.37. The van der Waals surface area contributed by atoms with Gasteiger partial charge in [0.05, 0.1) is 35.2 Å². The van der Waals surface area contributed by atoms with Crippen LogP contribution in [0.25, 0.3) is 0 Å². The van der Waals surface area contributed by atoms with Crippen LogP contribution in [-0.2, 0) is 11.2 Å². The highest BCUT2D eigenvalue weighted by molar-refractivity contribution is 6.43. The summed E-state index contributed by atoms with van der Waals surface area (Å²) in [5.41, 5.74) is 1.29. The minimum atomic E-state index is -1.03. The lowest BCUT2D eigenvalue weighted by molar-refractivity contribution is -0.138. The molecule has 0 amide bonds. The molecule has 3 rings (SSSR count). The Labute approximate surface area is 170 Å². The van der Waals surface area contributed by atoms with Crippen molar-refractivity contribution in [1.29, 1.82) is 0 Å². The Morgan fingerprint density at radius 2 is 1.78 bits per heavy atom. The van der Waals surface area contributed by atoms with Gasteiger partial charge in [-0.25, -0.2) is 0 Å². The molecule has 1 aliphatic heterocycles. The Bertz CT molecular complexity index is 932. The van der Waals surface area contributed by atoms with Crippen LogP contribution in [0, 0.1) is 0 Å². The quantitative estimate of drug-likeness (QED) is 0.676. The van der Waals surface area contributed by atoms with Gasteiger partial charge in [0.15, 0.2) is 0 Å². The van der Waals surface area contributed by atoms with Crippen LogP contribution in [0.4, 0.5) is 0 Å². The number of carboxylic acids is 1. The van der Waals surface area contributed by atoms with Gasteiger partial charge < -0.3 is 14.6 Å². The van der Waals surface area contributed by atoms with E-state index >= 15 is 0 Å². The van der Waals surface area contributed by atoms with Crippen molar-refractivity contribution in [1.82, 2.24) is 0 Å². The molecule has 0 aromatic heterocycles. The number of hydrogen-bond acceptors (Lipinski definition) is 4. The van der Waals surface area contributed by atoms with Crippen molar-refractivity contribution in [2.75, 3.05) is 13.7 Å². The van der Waals surface area contributed by atoms with Crippen LogP contribution in [0.5, 0.6) is 11.5 Å². The first kappa shape index (κ1) is 19.8. The first-order valence-corrected chi connectivity index (χ1v) is 9.18. The van der Waals surface area contributed by atoms with Gasteiger partial charge in [0.25, 0.3) is 0 Å². The van der Waals surface area contributed by atoms with E-state index in [1.807, 2.05) is 0 Å². The summed E-state index contributed by atoms with van der Waals surface area (Å²) in [6.45, 7) is 1.91. The van der Waals surface area contributed by atoms with Crippen molar-refractivity contribution in [3.63, 3.8) is 0 Å². The number of rotatable bonds is 5. The maximum Gasteiger partial charge on any atom is 0.310 e. The van der Waals surface area contributed by atoms with Gasteiger partial charge >= 0.3 is 5.97 Å². The third kappa shape index (κ3) is 3.47. The highest BCUT2D eigenvalue weighted by Crippen LogP contribution is 2.44. The Balaban J connectivity index is 2.29.